The summed E-state index contributed by atoms with van der Waals surface area (Å²) in [5.41, 5.74) is 3.32. The van der Waals surface area contributed by atoms with Gasteiger partial charge in [-0.05, 0) is 33.2 Å². The highest BCUT2D eigenvalue weighted by molar-refractivity contribution is 6.62. The van der Waals surface area contributed by atoms with E-state index in [4.69, 9.17) is 30.8 Å². The van der Waals surface area contributed by atoms with Crippen molar-refractivity contribution in [2.75, 3.05) is 0 Å². The summed E-state index contributed by atoms with van der Waals surface area (Å²) < 4.78 is 12.4. The fourth-order valence-electron chi connectivity index (χ4n) is 3.80. The minimum Gasteiger partial charge on any atom is -0.399 e. The smallest absolute Gasteiger partial charge is 0.399 e. The van der Waals surface area contributed by atoms with Gasteiger partial charge in [0.1, 0.15) is 0 Å². The molecule has 1 aliphatic rings. The summed E-state index contributed by atoms with van der Waals surface area (Å²) in [7, 11) is -0.427. The predicted molar refractivity (Wildman–Crippen MR) is 138 cm³/mol. The normalized spacial score (nSPS) is 16.1. The Morgan fingerprint density at radius 2 is 1.06 bits per heavy atom. The van der Waals surface area contributed by atoms with Gasteiger partial charge in [-0.15, -0.1) is 0 Å². The molecule has 4 aromatic rings. The highest BCUT2D eigenvalue weighted by atomic mass is 16.7. The van der Waals surface area contributed by atoms with Gasteiger partial charge in [0.15, 0.2) is 23.2 Å². The van der Waals surface area contributed by atoms with Gasteiger partial charge in [0, 0.05) is 16.7 Å². The fourth-order valence-corrected chi connectivity index (χ4v) is 3.80. The lowest BCUT2D eigenvalue weighted by atomic mass is 9.79. The molecule has 1 aliphatic heterocycles. The number of rotatable bonds is 4. The van der Waals surface area contributed by atoms with Crippen molar-refractivity contribution >= 4 is 18.3 Å². The lowest BCUT2D eigenvalue weighted by molar-refractivity contribution is 0.00578. The molecule has 0 aliphatic carbocycles. The Bertz CT molecular complexity index is 1380. The molecule has 0 spiro atoms. The van der Waals surface area contributed by atoms with E-state index in [1.165, 1.54) is 0 Å². The van der Waals surface area contributed by atoms with E-state index in [-0.39, 0.29) is 0 Å². The Balaban J connectivity index is 1.53. The second-order valence-electron chi connectivity index (χ2n) is 9.54. The molecule has 0 saturated carbocycles. The third-order valence-electron chi connectivity index (χ3n) is 6.62. The standard InChI is InChI=1S/C28H25BN4O2/c1-27(2)28(3,4)35-29(34-27)22-15-11-20(12-16-22)25-31-24(19-9-7-6-8-10-19)32-26(33-25)21-13-17-23(30-5)18-14-21/h6-18H,1-4H3. The maximum Gasteiger partial charge on any atom is 0.494 e. The Morgan fingerprint density at radius 1 is 0.629 bits per heavy atom. The van der Waals surface area contributed by atoms with Crippen molar-refractivity contribution in [2.45, 2.75) is 38.9 Å². The molecule has 0 amide bonds. The molecule has 3 aromatic carbocycles. The van der Waals surface area contributed by atoms with Crippen LogP contribution in [0.1, 0.15) is 27.7 Å². The van der Waals surface area contributed by atoms with Gasteiger partial charge in [-0.3, -0.25) is 0 Å². The number of aromatic nitrogens is 3. The van der Waals surface area contributed by atoms with E-state index in [0.717, 1.165) is 22.2 Å². The molecule has 6 nitrogen and oxygen atoms in total. The summed E-state index contributed by atoms with van der Waals surface area (Å²) in [5, 5.41) is 0. The molecule has 5 rings (SSSR count). The van der Waals surface area contributed by atoms with Gasteiger partial charge >= 0.3 is 7.12 Å². The van der Waals surface area contributed by atoms with E-state index in [2.05, 4.69) is 4.85 Å². The number of hydrogen-bond donors (Lipinski definition) is 0. The summed E-state index contributed by atoms with van der Waals surface area (Å²) in [6.45, 7) is 15.4. The number of nitrogens with zero attached hydrogens (tertiary/aromatic N) is 4. The summed E-state index contributed by atoms with van der Waals surface area (Å²) in [5.74, 6) is 1.72. The molecule has 0 N–H and O–H groups in total. The van der Waals surface area contributed by atoms with Crippen molar-refractivity contribution in [3.05, 3.63) is 90.3 Å². The van der Waals surface area contributed by atoms with E-state index in [1.54, 1.807) is 12.1 Å². The van der Waals surface area contributed by atoms with Gasteiger partial charge in [-0.1, -0.05) is 78.9 Å². The van der Waals surface area contributed by atoms with Gasteiger partial charge in [-0.25, -0.2) is 19.8 Å². The third-order valence-corrected chi connectivity index (χ3v) is 6.62. The van der Waals surface area contributed by atoms with Crippen molar-refractivity contribution in [1.29, 1.82) is 0 Å². The highest BCUT2D eigenvalue weighted by Crippen LogP contribution is 2.36. The van der Waals surface area contributed by atoms with Crippen molar-refractivity contribution in [3.8, 4) is 34.2 Å². The third kappa shape index (κ3) is 4.46. The van der Waals surface area contributed by atoms with Crippen molar-refractivity contribution in [1.82, 2.24) is 15.0 Å². The van der Waals surface area contributed by atoms with Crippen LogP contribution in [0, 0.1) is 6.57 Å². The van der Waals surface area contributed by atoms with E-state index in [1.807, 2.05) is 94.4 Å². The van der Waals surface area contributed by atoms with Crippen molar-refractivity contribution < 1.29 is 9.31 Å². The van der Waals surface area contributed by atoms with Crippen molar-refractivity contribution in [2.24, 2.45) is 0 Å². The van der Waals surface area contributed by atoms with Crippen LogP contribution in [0.25, 0.3) is 39.0 Å². The summed E-state index contributed by atoms with van der Waals surface area (Å²) in [6.07, 6.45) is 0. The molecule has 0 bridgehead atoms. The van der Waals surface area contributed by atoms with E-state index in [9.17, 15) is 0 Å². The van der Waals surface area contributed by atoms with Crippen LogP contribution in [-0.4, -0.2) is 33.3 Å². The summed E-state index contributed by atoms with van der Waals surface area (Å²) in [4.78, 5) is 17.7. The van der Waals surface area contributed by atoms with Crippen molar-refractivity contribution in [3.63, 3.8) is 0 Å². The average molecular weight is 460 g/mol. The quantitative estimate of drug-likeness (QED) is 0.288. The zero-order valence-electron chi connectivity index (χ0n) is 20.2. The van der Waals surface area contributed by atoms with E-state index >= 15 is 0 Å². The number of benzene rings is 3. The molecular weight excluding hydrogens is 435 g/mol. The SMILES string of the molecule is [C-]#[N+]c1ccc(-c2nc(-c3ccccc3)nc(-c3ccc(B4OC(C)(C)C(C)(C)O4)cc3)n2)cc1. The van der Waals surface area contributed by atoms with Crippen LogP contribution in [0.15, 0.2) is 78.9 Å². The maximum absolute atomic E-state index is 7.20. The number of hydrogen-bond acceptors (Lipinski definition) is 5. The predicted octanol–water partition coefficient (Wildman–Crippen LogP) is 5.72. The minimum absolute atomic E-state index is 0.396. The van der Waals surface area contributed by atoms with E-state index < -0.39 is 18.3 Å². The fraction of sp³-hybridized carbons (Fsp3) is 0.214. The van der Waals surface area contributed by atoms with Gasteiger partial charge in [0.25, 0.3) is 0 Å². The van der Waals surface area contributed by atoms with Crippen LogP contribution < -0.4 is 5.46 Å². The summed E-state index contributed by atoms with van der Waals surface area (Å²) >= 11 is 0. The maximum atomic E-state index is 7.20. The zero-order valence-corrected chi connectivity index (χ0v) is 20.2. The highest BCUT2D eigenvalue weighted by Gasteiger charge is 2.51. The van der Waals surface area contributed by atoms with Crippen LogP contribution >= 0.6 is 0 Å². The van der Waals surface area contributed by atoms with Gasteiger partial charge in [0.05, 0.1) is 17.8 Å². The molecule has 1 aromatic heterocycles. The van der Waals surface area contributed by atoms with Crippen LogP contribution in [0.3, 0.4) is 0 Å². The Kier molecular flexibility index (Phi) is 5.72. The van der Waals surface area contributed by atoms with Crippen LogP contribution in [0.4, 0.5) is 5.69 Å². The Hall–Kier alpha value is -3.86. The van der Waals surface area contributed by atoms with Crippen LogP contribution in [0.5, 0.6) is 0 Å². The van der Waals surface area contributed by atoms with Gasteiger partial charge < -0.3 is 9.31 Å². The monoisotopic (exact) mass is 460 g/mol. The molecule has 2 heterocycles. The molecule has 172 valence electrons. The molecule has 1 saturated heterocycles. The molecule has 0 radical (unpaired) electrons. The van der Waals surface area contributed by atoms with Gasteiger partial charge in [-0.2, -0.15) is 0 Å². The molecule has 7 heteroatoms. The first-order chi connectivity index (χ1) is 16.8. The van der Waals surface area contributed by atoms with Crippen LogP contribution in [0.2, 0.25) is 0 Å². The van der Waals surface area contributed by atoms with E-state index in [0.29, 0.717) is 23.2 Å². The second kappa shape index (κ2) is 8.73. The Labute approximate surface area is 206 Å². The lowest BCUT2D eigenvalue weighted by Crippen LogP contribution is -2.41. The first-order valence-electron chi connectivity index (χ1n) is 11.5. The molecule has 1 fully saturated rings. The first-order valence-corrected chi connectivity index (χ1v) is 11.5. The second-order valence-corrected chi connectivity index (χ2v) is 9.54. The first kappa shape index (κ1) is 22.9. The average Bonchev–Trinajstić information content (AvgIpc) is 3.11. The molecular formula is C28H25BN4O2. The lowest BCUT2D eigenvalue weighted by Gasteiger charge is -2.32. The largest absolute Gasteiger partial charge is 0.494 e. The Morgan fingerprint density at radius 3 is 1.51 bits per heavy atom. The zero-order chi connectivity index (χ0) is 24.6. The van der Waals surface area contributed by atoms with Crippen LogP contribution in [-0.2, 0) is 9.31 Å². The summed E-state index contributed by atoms with van der Waals surface area (Å²) in [6, 6.07) is 25.1. The molecule has 0 atom stereocenters. The molecule has 35 heavy (non-hydrogen) atoms. The topological polar surface area (TPSA) is 61.5 Å². The minimum atomic E-state index is -0.427. The molecule has 0 unspecified atom stereocenters. The van der Waals surface area contributed by atoms with Gasteiger partial charge in [0.2, 0.25) is 0 Å².